The molecule has 0 bridgehead atoms. The number of ether oxygens (including phenoxy) is 1. The molecular formula is C15H18ClN3O. The molecule has 5 heteroatoms. The van der Waals surface area contributed by atoms with Gasteiger partial charge in [0.1, 0.15) is 22.9 Å². The Morgan fingerprint density at radius 1 is 1.20 bits per heavy atom. The van der Waals surface area contributed by atoms with Gasteiger partial charge in [0.05, 0.1) is 0 Å². The second-order valence-electron chi connectivity index (χ2n) is 5.73. The fourth-order valence-electron chi connectivity index (χ4n) is 1.86. The first-order chi connectivity index (χ1) is 9.29. The fraction of sp³-hybridized carbons (Fsp3) is 0.333. The first-order valence-corrected chi connectivity index (χ1v) is 6.72. The third-order valence-electron chi connectivity index (χ3n) is 2.93. The molecule has 1 heterocycles. The number of nitrogens with zero attached hydrogens (tertiary/aromatic N) is 2. The highest BCUT2D eigenvalue weighted by Gasteiger charge is 2.20. The molecule has 0 atom stereocenters. The van der Waals surface area contributed by atoms with Crippen molar-refractivity contribution in [3.05, 3.63) is 40.7 Å². The summed E-state index contributed by atoms with van der Waals surface area (Å²) in [5, 5.41) is 0.230. The summed E-state index contributed by atoms with van der Waals surface area (Å²) in [4.78, 5) is 7.86. The van der Waals surface area contributed by atoms with E-state index in [2.05, 4.69) is 43.7 Å². The van der Waals surface area contributed by atoms with E-state index in [9.17, 15) is 0 Å². The number of nitrogen functional groups attached to an aromatic ring is 1. The van der Waals surface area contributed by atoms with E-state index in [-0.39, 0.29) is 22.1 Å². The number of rotatable bonds is 2. The largest absolute Gasteiger partial charge is 0.437 e. The Morgan fingerprint density at radius 3 is 2.55 bits per heavy atom. The van der Waals surface area contributed by atoms with E-state index >= 15 is 0 Å². The van der Waals surface area contributed by atoms with E-state index in [0.717, 1.165) is 11.3 Å². The molecule has 0 aliphatic heterocycles. The van der Waals surface area contributed by atoms with Gasteiger partial charge in [0, 0.05) is 5.56 Å². The molecule has 0 saturated carbocycles. The third kappa shape index (κ3) is 3.02. The zero-order valence-electron chi connectivity index (χ0n) is 12.1. The van der Waals surface area contributed by atoms with Crippen molar-refractivity contribution in [1.29, 1.82) is 0 Å². The molecule has 0 aliphatic rings. The number of hydrogen-bond donors (Lipinski definition) is 1. The molecule has 2 aromatic rings. The van der Waals surface area contributed by atoms with E-state index in [1.807, 2.05) is 12.1 Å². The number of halogens is 1. The van der Waals surface area contributed by atoms with Crippen LogP contribution in [0.4, 0.5) is 5.82 Å². The van der Waals surface area contributed by atoms with Crippen LogP contribution >= 0.6 is 11.6 Å². The Hall–Kier alpha value is -1.81. The summed E-state index contributed by atoms with van der Waals surface area (Å²) in [5.41, 5.74) is 7.88. The van der Waals surface area contributed by atoms with E-state index in [1.165, 1.54) is 11.9 Å². The van der Waals surface area contributed by atoms with Crippen molar-refractivity contribution in [3.8, 4) is 11.6 Å². The van der Waals surface area contributed by atoms with Gasteiger partial charge < -0.3 is 10.5 Å². The summed E-state index contributed by atoms with van der Waals surface area (Å²) in [7, 11) is 0. The van der Waals surface area contributed by atoms with Crippen LogP contribution < -0.4 is 10.5 Å². The highest BCUT2D eigenvalue weighted by Crippen LogP contribution is 2.36. The molecule has 20 heavy (non-hydrogen) atoms. The summed E-state index contributed by atoms with van der Waals surface area (Å²) in [6.07, 6.45) is 1.33. The van der Waals surface area contributed by atoms with Crippen molar-refractivity contribution >= 4 is 17.4 Å². The van der Waals surface area contributed by atoms with Crippen LogP contribution in [0.15, 0.2) is 24.5 Å². The first-order valence-electron chi connectivity index (χ1n) is 6.34. The Balaban J connectivity index is 2.46. The fourth-order valence-corrected chi connectivity index (χ4v) is 2.00. The first kappa shape index (κ1) is 14.6. The van der Waals surface area contributed by atoms with Crippen LogP contribution in [0.1, 0.15) is 31.9 Å². The number of anilines is 1. The van der Waals surface area contributed by atoms with Crippen molar-refractivity contribution in [1.82, 2.24) is 9.97 Å². The second-order valence-corrected chi connectivity index (χ2v) is 6.11. The van der Waals surface area contributed by atoms with Gasteiger partial charge in [-0.2, -0.15) is 4.98 Å². The zero-order valence-corrected chi connectivity index (χ0v) is 12.8. The number of benzene rings is 1. The van der Waals surface area contributed by atoms with Gasteiger partial charge in [0.15, 0.2) is 0 Å². The van der Waals surface area contributed by atoms with Gasteiger partial charge in [0.25, 0.3) is 0 Å². The van der Waals surface area contributed by atoms with Crippen LogP contribution in [0.5, 0.6) is 11.6 Å². The molecule has 0 spiro atoms. The zero-order chi connectivity index (χ0) is 14.9. The summed E-state index contributed by atoms with van der Waals surface area (Å²) >= 11 is 6.07. The Labute approximate surface area is 124 Å². The van der Waals surface area contributed by atoms with E-state index in [0.29, 0.717) is 0 Å². The maximum absolute atomic E-state index is 6.07. The monoisotopic (exact) mass is 291 g/mol. The average molecular weight is 292 g/mol. The lowest BCUT2D eigenvalue weighted by Gasteiger charge is -2.23. The molecule has 1 aromatic heterocycles. The lowest BCUT2D eigenvalue weighted by Crippen LogP contribution is -2.13. The quantitative estimate of drug-likeness (QED) is 0.904. The summed E-state index contributed by atoms with van der Waals surface area (Å²) in [6.45, 7) is 8.44. The molecule has 2 rings (SSSR count). The van der Waals surface area contributed by atoms with Gasteiger partial charge in [-0.25, -0.2) is 4.98 Å². The highest BCUT2D eigenvalue weighted by atomic mass is 35.5. The van der Waals surface area contributed by atoms with Crippen molar-refractivity contribution in [2.75, 3.05) is 5.73 Å². The van der Waals surface area contributed by atoms with Gasteiger partial charge in [-0.15, -0.1) is 0 Å². The molecule has 0 radical (unpaired) electrons. The molecule has 0 fully saturated rings. The summed E-state index contributed by atoms with van der Waals surface area (Å²) in [5.74, 6) is 1.21. The van der Waals surface area contributed by atoms with Crippen molar-refractivity contribution < 1.29 is 4.74 Å². The van der Waals surface area contributed by atoms with Crippen LogP contribution in [0.3, 0.4) is 0 Å². The van der Waals surface area contributed by atoms with Gasteiger partial charge in [-0.3, -0.25) is 0 Å². The van der Waals surface area contributed by atoms with Gasteiger partial charge >= 0.3 is 0 Å². The summed E-state index contributed by atoms with van der Waals surface area (Å²) in [6, 6.07) is 6.02. The molecule has 1 aromatic carbocycles. The molecule has 106 valence electrons. The van der Waals surface area contributed by atoms with Gasteiger partial charge in [-0.1, -0.05) is 50.1 Å². The minimum Gasteiger partial charge on any atom is -0.437 e. The lowest BCUT2D eigenvalue weighted by atomic mass is 9.85. The smallest absolute Gasteiger partial charge is 0.243 e. The third-order valence-corrected chi connectivity index (χ3v) is 3.29. The molecule has 0 saturated heterocycles. The number of nitrogens with two attached hydrogens (primary N) is 1. The maximum Gasteiger partial charge on any atom is 0.243 e. The molecular weight excluding hydrogens is 274 g/mol. The molecule has 2 N–H and O–H groups in total. The van der Waals surface area contributed by atoms with E-state index in [4.69, 9.17) is 22.1 Å². The molecule has 0 unspecified atom stereocenters. The number of aromatic nitrogens is 2. The minimum atomic E-state index is -0.0492. The predicted molar refractivity (Wildman–Crippen MR) is 81.4 cm³/mol. The molecule has 0 amide bonds. The van der Waals surface area contributed by atoms with Crippen LogP contribution in [0.25, 0.3) is 0 Å². The van der Waals surface area contributed by atoms with E-state index in [1.54, 1.807) is 0 Å². The van der Waals surface area contributed by atoms with Gasteiger partial charge in [0.2, 0.25) is 5.88 Å². The SMILES string of the molecule is Cc1ccc(Oc2ncnc(N)c2Cl)c(C(C)(C)C)c1. The topological polar surface area (TPSA) is 61.0 Å². The number of hydrogen-bond acceptors (Lipinski definition) is 4. The van der Waals surface area contributed by atoms with Crippen molar-refractivity contribution in [2.24, 2.45) is 0 Å². The van der Waals surface area contributed by atoms with Crippen LogP contribution in [-0.2, 0) is 5.41 Å². The van der Waals surface area contributed by atoms with Crippen LogP contribution in [0.2, 0.25) is 5.02 Å². The highest BCUT2D eigenvalue weighted by molar-refractivity contribution is 6.34. The molecule has 4 nitrogen and oxygen atoms in total. The maximum atomic E-state index is 6.07. The van der Waals surface area contributed by atoms with Crippen LogP contribution in [0, 0.1) is 6.92 Å². The van der Waals surface area contributed by atoms with Gasteiger partial charge in [-0.05, 0) is 18.4 Å². The van der Waals surface area contributed by atoms with Crippen molar-refractivity contribution in [2.45, 2.75) is 33.1 Å². The second kappa shape index (κ2) is 5.29. The predicted octanol–water partition coefficient (Wildman–Crippen LogP) is 4.11. The Bertz CT molecular complexity index is 636. The van der Waals surface area contributed by atoms with Crippen LogP contribution in [-0.4, -0.2) is 9.97 Å². The van der Waals surface area contributed by atoms with E-state index < -0.39 is 0 Å². The minimum absolute atomic E-state index is 0.0492. The number of aryl methyl sites for hydroxylation is 1. The molecule has 0 aliphatic carbocycles. The average Bonchev–Trinajstić information content (AvgIpc) is 2.36. The van der Waals surface area contributed by atoms with Crippen molar-refractivity contribution in [3.63, 3.8) is 0 Å². The Morgan fingerprint density at radius 2 is 1.90 bits per heavy atom. The Kier molecular flexibility index (Phi) is 3.86. The summed E-state index contributed by atoms with van der Waals surface area (Å²) < 4.78 is 5.84. The lowest BCUT2D eigenvalue weighted by molar-refractivity contribution is 0.439. The standard InChI is InChI=1S/C15H18ClN3O/c1-9-5-6-11(10(7-9)15(2,3)4)20-14-12(16)13(17)18-8-19-14/h5-8H,1-4H3,(H2,17,18,19). The normalized spacial score (nSPS) is 11.4.